The zero-order valence-electron chi connectivity index (χ0n) is 15.6. The third-order valence-electron chi connectivity index (χ3n) is 5.53. The van der Waals surface area contributed by atoms with Gasteiger partial charge in [0.15, 0.2) is 0 Å². The summed E-state index contributed by atoms with van der Waals surface area (Å²) in [6.45, 7) is 3.70. The van der Waals surface area contributed by atoms with Gasteiger partial charge in [-0.25, -0.2) is 0 Å². The predicted molar refractivity (Wildman–Crippen MR) is 107 cm³/mol. The highest BCUT2D eigenvalue weighted by atomic mass is 16.2. The van der Waals surface area contributed by atoms with Crippen LogP contribution in [-0.2, 0) is 11.2 Å². The van der Waals surface area contributed by atoms with Crippen molar-refractivity contribution in [2.75, 3.05) is 23.3 Å². The van der Waals surface area contributed by atoms with Crippen molar-refractivity contribution < 1.29 is 9.59 Å². The van der Waals surface area contributed by atoms with Crippen LogP contribution in [-0.4, -0.2) is 30.9 Å². The molecule has 27 heavy (non-hydrogen) atoms. The van der Waals surface area contributed by atoms with Crippen LogP contribution in [0.4, 0.5) is 11.4 Å². The van der Waals surface area contributed by atoms with Gasteiger partial charge in [0.05, 0.1) is 0 Å². The fourth-order valence-corrected chi connectivity index (χ4v) is 4.02. The lowest BCUT2D eigenvalue weighted by Gasteiger charge is -2.27. The first-order valence-corrected chi connectivity index (χ1v) is 9.66. The van der Waals surface area contributed by atoms with E-state index in [1.165, 1.54) is 5.56 Å². The average Bonchev–Trinajstić information content (AvgIpc) is 3.12. The molecular formula is C22H25N3O2. The lowest BCUT2D eigenvalue weighted by molar-refractivity contribution is -0.120. The normalized spacial score (nSPS) is 21.6. The molecule has 0 aliphatic carbocycles. The number of fused-ring (bicyclic) bond motifs is 1. The Labute approximate surface area is 159 Å². The maximum atomic E-state index is 12.9. The Morgan fingerprint density at radius 3 is 2.67 bits per heavy atom. The molecule has 1 saturated heterocycles. The molecule has 2 heterocycles. The monoisotopic (exact) mass is 363 g/mol. The van der Waals surface area contributed by atoms with Gasteiger partial charge in [0, 0.05) is 35.4 Å². The van der Waals surface area contributed by atoms with E-state index in [2.05, 4.69) is 23.6 Å². The molecule has 2 aromatic carbocycles. The topological polar surface area (TPSA) is 61.4 Å². The van der Waals surface area contributed by atoms with Gasteiger partial charge in [0.25, 0.3) is 5.91 Å². The Kier molecular flexibility index (Phi) is 4.94. The zero-order chi connectivity index (χ0) is 18.8. The number of hydrogen-bond donors (Lipinski definition) is 2. The first-order valence-electron chi connectivity index (χ1n) is 9.66. The summed E-state index contributed by atoms with van der Waals surface area (Å²) in [5.41, 5.74) is 3.59. The number of nitrogens with one attached hydrogen (secondary N) is 2. The molecule has 2 atom stereocenters. The van der Waals surface area contributed by atoms with Gasteiger partial charge >= 0.3 is 0 Å². The number of carbonyl (C=O) groups excluding carboxylic acids is 2. The second-order valence-corrected chi connectivity index (χ2v) is 7.48. The minimum atomic E-state index is 0.00464. The molecule has 0 unspecified atom stereocenters. The number of piperidine rings is 1. The second kappa shape index (κ2) is 7.53. The zero-order valence-corrected chi connectivity index (χ0v) is 15.6. The summed E-state index contributed by atoms with van der Waals surface area (Å²) in [7, 11) is 0. The van der Waals surface area contributed by atoms with Gasteiger partial charge in [-0.2, -0.15) is 0 Å². The van der Waals surface area contributed by atoms with E-state index in [0.29, 0.717) is 18.2 Å². The molecule has 2 aliphatic heterocycles. The maximum absolute atomic E-state index is 12.9. The van der Waals surface area contributed by atoms with Gasteiger partial charge in [-0.3, -0.25) is 9.59 Å². The molecule has 140 valence electrons. The standard InChI is InChI=1S/C22H25N3O2/c1-15-14-18(10-12-23-15)21(26)24-19-8-6-17(7-9-19)22(27)25-13-11-16-4-2-3-5-20(16)25/h2-9,15,18,23H,10-14H2,1H3,(H,24,26)/t15-,18-/m0/s1. The Bertz CT molecular complexity index is 847. The van der Waals surface area contributed by atoms with Crippen molar-refractivity contribution in [3.8, 4) is 0 Å². The number of para-hydroxylation sites is 1. The van der Waals surface area contributed by atoms with E-state index in [9.17, 15) is 9.59 Å². The number of hydrogen-bond acceptors (Lipinski definition) is 3. The van der Waals surface area contributed by atoms with Crippen LogP contribution in [0.3, 0.4) is 0 Å². The Hall–Kier alpha value is -2.66. The molecule has 0 aromatic heterocycles. The molecule has 2 aromatic rings. The number of benzene rings is 2. The minimum absolute atomic E-state index is 0.00464. The van der Waals surface area contributed by atoms with E-state index in [0.717, 1.165) is 37.2 Å². The van der Waals surface area contributed by atoms with Crippen molar-refractivity contribution in [1.82, 2.24) is 5.32 Å². The smallest absolute Gasteiger partial charge is 0.258 e. The molecule has 2 aliphatic rings. The van der Waals surface area contributed by atoms with Crippen LogP contribution in [0.25, 0.3) is 0 Å². The third-order valence-corrected chi connectivity index (χ3v) is 5.53. The fourth-order valence-electron chi connectivity index (χ4n) is 4.02. The molecule has 1 fully saturated rings. The Balaban J connectivity index is 1.42. The number of amides is 2. The van der Waals surface area contributed by atoms with Crippen LogP contribution in [0.2, 0.25) is 0 Å². The molecule has 0 saturated carbocycles. The molecule has 0 radical (unpaired) electrons. The van der Waals surface area contributed by atoms with Crippen LogP contribution < -0.4 is 15.5 Å². The van der Waals surface area contributed by atoms with Gasteiger partial charge in [0.1, 0.15) is 0 Å². The van der Waals surface area contributed by atoms with E-state index in [-0.39, 0.29) is 17.7 Å². The van der Waals surface area contributed by atoms with Crippen molar-refractivity contribution in [3.05, 3.63) is 59.7 Å². The van der Waals surface area contributed by atoms with Gasteiger partial charge in [-0.05, 0) is 68.6 Å². The highest BCUT2D eigenvalue weighted by Crippen LogP contribution is 2.29. The van der Waals surface area contributed by atoms with Crippen LogP contribution >= 0.6 is 0 Å². The van der Waals surface area contributed by atoms with Crippen molar-refractivity contribution in [1.29, 1.82) is 0 Å². The molecular weight excluding hydrogens is 338 g/mol. The highest BCUT2D eigenvalue weighted by Gasteiger charge is 2.26. The summed E-state index contributed by atoms with van der Waals surface area (Å²) < 4.78 is 0. The van der Waals surface area contributed by atoms with Gasteiger partial charge in [-0.1, -0.05) is 18.2 Å². The van der Waals surface area contributed by atoms with E-state index in [4.69, 9.17) is 0 Å². The van der Waals surface area contributed by atoms with Gasteiger partial charge in [0.2, 0.25) is 5.91 Å². The number of anilines is 2. The van der Waals surface area contributed by atoms with Crippen LogP contribution in [0.1, 0.15) is 35.7 Å². The summed E-state index contributed by atoms with van der Waals surface area (Å²) in [4.78, 5) is 27.2. The first-order chi connectivity index (χ1) is 13.1. The van der Waals surface area contributed by atoms with Crippen LogP contribution in [0.5, 0.6) is 0 Å². The quantitative estimate of drug-likeness (QED) is 0.880. The number of nitrogens with zero attached hydrogens (tertiary/aromatic N) is 1. The maximum Gasteiger partial charge on any atom is 0.258 e. The lowest BCUT2D eigenvalue weighted by atomic mass is 9.92. The summed E-state index contributed by atoms with van der Waals surface area (Å²) in [5.74, 6) is 0.115. The molecule has 0 bridgehead atoms. The molecule has 5 heteroatoms. The van der Waals surface area contributed by atoms with Crippen molar-refractivity contribution in [2.45, 2.75) is 32.2 Å². The van der Waals surface area contributed by atoms with Crippen LogP contribution in [0, 0.1) is 5.92 Å². The molecule has 4 rings (SSSR count). The van der Waals surface area contributed by atoms with E-state index in [1.807, 2.05) is 35.2 Å². The fraction of sp³-hybridized carbons (Fsp3) is 0.364. The van der Waals surface area contributed by atoms with E-state index in [1.54, 1.807) is 12.1 Å². The van der Waals surface area contributed by atoms with E-state index < -0.39 is 0 Å². The molecule has 2 N–H and O–H groups in total. The second-order valence-electron chi connectivity index (χ2n) is 7.48. The van der Waals surface area contributed by atoms with Crippen molar-refractivity contribution >= 4 is 23.2 Å². The first kappa shape index (κ1) is 17.7. The minimum Gasteiger partial charge on any atom is -0.326 e. The van der Waals surface area contributed by atoms with E-state index >= 15 is 0 Å². The molecule has 5 nitrogen and oxygen atoms in total. The Morgan fingerprint density at radius 2 is 1.89 bits per heavy atom. The SMILES string of the molecule is C[C@H]1C[C@@H](C(=O)Nc2ccc(C(=O)N3CCc4ccccc43)cc2)CCN1. The summed E-state index contributed by atoms with van der Waals surface area (Å²) >= 11 is 0. The number of carbonyl (C=O) groups is 2. The summed E-state index contributed by atoms with van der Waals surface area (Å²) in [6, 6.07) is 15.6. The van der Waals surface area contributed by atoms with Crippen molar-refractivity contribution in [2.24, 2.45) is 5.92 Å². The number of rotatable bonds is 3. The van der Waals surface area contributed by atoms with Gasteiger partial charge < -0.3 is 15.5 Å². The average molecular weight is 363 g/mol. The van der Waals surface area contributed by atoms with Crippen LogP contribution in [0.15, 0.2) is 48.5 Å². The summed E-state index contributed by atoms with van der Waals surface area (Å²) in [5, 5.41) is 6.35. The summed E-state index contributed by atoms with van der Waals surface area (Å²) in [6.07, 6.45) is 2.61. The molecule has 0 spiro atoms. The molecule has 2 amide bonds. The largest absolute Gasteiger partial charge is 0.326 e. The Morgan fingerprint density at radius 1 is 1.11 bits per heavy atom. The predicted octanol–water partition coefficient (Wildman–Crippen LogP) is 3.22. The van der Waals surface area contributed by atoms with Gasteiger partial charge in [-0.15, -0.1) is 0 Å². The third kappa shape index (κ3) is 3.74. The van der Waals surface area contributed by atoms with Crippen molar-refractivity contribution in [3.63, 3.8) is 0 Å². The highest BCUT2D eigenvalue weighted by molar-refractivity contribution is 6.07. The lowest BCUT2D eigenvalue weighted by Crippen LogP contribution is -2.40.